The van der Waals surface area contributed by atoms with E-state index in [1.54, 1.807) is 23.5 Å². The second kappa shape index (κ2) is 9.82. The highest BCUT2D eigenvalue weighted by molar-refractivity contribution is 5.69. The maximum absolute atomic E-state index is 6.09. The number of anilines is 2. The molecule has 4 heterocycles. The van der Waals surface area contributed by atoms with Gasteiger partial charge in [0.15, 0.2) is 6.26 Å². The summed E-state index contributed by atoms with van der Waals surface area (Å²) < 4.78 is 17.0. The van der Waals surface area contributed by atoms with E-state index in [2.05, 4.69) is 43.7 Å². The van der Waals surface area contributed by atoms with E-state index in [0.717, 1.165) is 18.4 Å². The molecular weight excluding hydrogens is 420 g/mol. The van der Waals surface area contributed by atoms with Gasteiger partial charge in [0.2, 0.25) is 5.88 Å². The summed E-state index contributed by atoms with van der Waals surface area (Å²) in [5.74, 6) is 1.46. The van der Waals surface area contributed by atoms with Gasteiger partial charge in [0.05, 0.1) is 12.1 Å². The van der Waals surface area contributed by atoms with Crippen LogP contribution in [0.1, 0.15) is 18.4 Å². The highest BCUT2D eigenvalue weighted by atomic mass is 16.5. The van der Waals surface area contributed by atoms with E-state index in [1.165, 1.54) is 24.4 Å². The molecule has 0 amide bonds. The first-order chi connectivity index (χ1) is 16.4. The van der Waals surface area contributed by atoms with Gasteiger partial charge in [-0.25, -0.2) is 4.98 Å². The van der Waals surface area contributed by atoms with Gasteiger partial charge in [-0.05, 0) is 48.2 Å². The van der Waals surface area contributed by atoms with Crippen LogP contribution in [0.15, 0.2) is 95.7 Å². The number of aromatic nitrogens is 4. The Morgan fingerprint density at radius 1 is 1.06 bits per heavy atom. The minimum atomic E-state index is 0.300. The van der Waals surface area contributed by atoms with Crippen molar-refractivity contribution in [3.8, 4) is 11.5 Å². The summed E-state index contributed by atoms with van der Waals surface area (Å²) in [7, 11) is 0. The Labute approximate surface area is 190 Å². The molecule has 3 aromatic heterocycles. The van der Waals surface area contributed by atoms with E-state index in [1.807, 2.05) is 24.3 Å². The van der Waals surface area contributed by atoms with Crippen molar-refractivity contribution in [2.24, 2.45) is 0 Å². The van der Waals surface area contributed by atoms with Gasteiger partial charge >= 0.3 is 6.01 Å². The fraction of sp³-hybridized carbons (Fsp3) is 0.167. The number of pyridine rings is 2. The van der Waals surface area contributed by atoms with Crippen molar-refractivity contribution >= 4 is 11.8 Å². The number of nitrogens with zero attached hydrogens (tertiary/aromatic N) is 5. The van der Waals surface area contributed by atoms with Gasteiger partial charge < -0.3 is 19.2 Å². The lowest BCUT2D eigenvalue weighted by Gasteiger charge is -2.24. The van der Waals surface area contributed by atoms with Crippen LogP contribution >= 0.6 is 0 Å². The van der Waals surface area contributed by atoms with Crippen LogP contribution in [-0.2, 0) is 16.0 Å². The number of rotatable bonds is 8. The topological polar surface area (TPSA) is 98.4 Å². The second-order valence-corrected chi connectivity index (χ2v) is 7.36. The van der Waals surface area contributed by atoms with E-state index >= 15 is 0 Å². The van der Waals surface area contributed by atoms with Crippen LogP contribution in [0.4, 0.5) is 11.8 Å². The monoisotopic (exact) mass is 442 g/mol. The lowest BCUT2D eigenvalue weighted by Crippen LogP contribution is -2.27. The molecule has 5 rings (SSSR count). The molecule has 0 spiro atoms. The van der Waals surface area contributed by atoms with E-state index in [-0.39, 0.29) is 0 Å². The molecule has 166 valence electrons. The first-order valence-corrected chi connectivity index (χ1v) is 10.6. The largest absolute Gasteiger partial charge is 0.464 e. The smallest absolute Gasteiger partial charge is 0.325 e. The molecule has 0 unspecified atom stereocenters. The zero-order valence-electron chi connectivity index (χ0n) is 17.8. The fourth-order valence-corrected chi connectivity index (χ4v) is 3.45. The SMILES string of the molecule is C1=CCCC(CN(C2=COC=CO2)c2nnc(-c3cccnc3NCc3ccncc3)o2)=C1. The predicted molar refractivity (Wildman–Crippen MR) is 122 cm³/mol. The van der Waals surface area contributed by atoms with E-state index in [4.69, 9.17) is 13.9 Å². The summed E-state index contributed by atoms with van der Waals surface area (Å²) in [6.45, 7) is 1.13. The molecule has 1 N–H and O–H groups in total. The van der Waals surface area contributed by atoms with Crippen molar-refractivity contribution in [2.45, 2.75) is 19.4 Å². The van der Waals surface area contributed by atoms with E-state index < -0.39 is 0 Å². The molecule has 1 aliphatic heterocycles. The van der Waals surface area contributed by atoms with Crippen LogP contribution in [0.2, 0.25) is 0 Å². The molecule has 0 fully saturated rings. The van der Waals surface area contributed by atoms with Gasteiger partial charge in [-0.2, -0.15) is 0 Å². The first kappa shape index (κ1) is 20.5. The van der Waals surface area contributed by atoms with Crippen LogP contribution in [0.25, 0.3) is 11.5 Å². The number of hydrogen-bond acceptors (Lipinski definition) is 9. The third kappa shape index (κ3) is 4.93. The standard InChI is InChI=1S/C24H22N6O3/c1-2-5-19(6-3-1)16-30(21-17-31-13-14-32-21)24-29-28-23(33-24)20-7-4-10-26-22(20)27-15-18-8-11-25-12-9-18/h1-2,4-5,7-14,17H,3,6,15-16H2,(H,26,27). The lowest BCUT2D eigenvalue weighted by molar-refractivity contribution is 0.245. The number of hydrogen-bond donors (Lipinski definition) is 1. The van der Waals surface area contributed by atoms with Crippen molar-refractivity contribution in [1.29, 1.82) is 0 Å². The van der Waals surface area contributed by atoms with Crippen molar-refractivity contribution in [1.82, 2.24) is 20.2 Å². The maximum atomic E-state index is 6.09. The molecule has 0 saturated heterocycles. The quantitative estimate of drug-likeness (QED) is 0.539. The van der Waals surface area contributed by atoms with Crippen molar-refractivity contribution in [3.63, 3.8) is 0 Å². The Balaban J connectivity index is 1.40. The van der Waals surface area contributed by atoms with Crippen LogP contribution in [0.5, 0.6) is 0 Å². The molecule has 33 heavy (non-hydrogen) atoms. The Bertz CT molecular complexity index is 1220. The Hall–Kier alpha value is -4.40. The van der Waals surface area contributed by atoms with Crippen LogP contribution < -0.4 is 10.2 Å². The highest BCUT2D eigenvalue weighted by Crippen LogP contribution is 2.30. The van der Waals surface area contributed by atoms with E-state index in [0.29, 0.717) is 42.3 Å². The van der Waals surface area contributed by atoms with Gasteiger partial charge in [0.1, 0.15) is 18.3 Å². The fourth-order valence-electron chi connectivity index (χ4n) is 3.45. The van der Waals surface area contributed by atoms with Crippen LogP contribution in [0.3, 0.4) is 0 Å². The summed E-state index contributed by atoms with van der Waals surface area (Å²) in [6, 6.07) is 7.91. The predicted octanol–water partition coefficient (Wildman–Crippen LogP) is 4.54. The molecule has 0 saturated carbocycles. The zero-order chi connectivity index (χ0) is 22.3. The Morgan fingerprint density at radius 3 is 2.82 bits per heavy atom. The minimum Gasteiger partial charge on any atom is -0.464 e. The van der Waals surface area contributed by atoms with Gasteiger partial charge in [-0.3, -0.25) is 9.88 Å². The molecule has 0 aromatic carbocycles. The van der Waals surface area contributed by atoms with Crippen molar-refractivity contribution in [2.75, 3.05) is 16.8 Å². The van der Waals surface area contributed by atoms with E-state index in [9.17, 15) is 0 Å². The molecule has 9 heteroatoms. The summed E-state index contributed by atoms with van der Waals surface area (Å²) >= 11 is 0. The average Bonchev–Trinajstić information content (AvgIpc) is 3.38. The van der Waals surface area contributed by atoms with Gasteiger partial charge in [0.25, 0.3) is 5.89 Å². The van der Waals surface area contributed by atoms with Crippen molar-refractivity contribution < 1.29 is 13.9 Å². The van der Waals surface area contributed by atoms with Gasteiger partial charge in [-0.1, -0.05) is 23.3 Å². The molecule has 0 radical (unpaired) electrons. The molecule has 3 aromatic rings. The summed E-state index contributed by atoms with van der Waals surface area (Å²) in [6.07, 6.45) is 17.9. The third-order valence-electron chi connectivity index (χ3n) is 5.11. The minimum absolute atomic E-state index is 0.300. The first-order valence-electron chi connectivity index (χ1n) is 10.6. The molecular formula is C24H22N6O3. The third-order valence-corrected chi connectivity index (χ3v) is 5.11. The maximum Gasteiger partial charge on any atom is 0.325 e. The van der Waals surface area contributed by atoms with Crippen LogP contribution in [0, 0.1) is 0 Å². The van der Waals surface area contributed by atoms with Crippen molar-refractivity contribution in [3.05, 3.63) is 96.9 Å². The molecule has 0 bridgehead atoms. The molecule has 9 nitrogen and oxygen atoms in total. The van der Waals surface area contributed by atoms with Crippen LogP contribution in [-0.4, -0.2) is 26.7 Å². The highest BCUT2D eigenvalue weighted by Gasteiger charge is 2.24. The Morgan fingerprint density at radius 2 is 2.00 bits per heavy atom. The molecule has 0 atom stereocenters. The number of allylic oxidation sites excluding steroid dienone is 3. The molecule has 2 aliphatic rings. The summed E-state index contributed by atoms with van der Waals surface area (Å²) in [5.41, 5.74) is 3.01. The average molecular weight is 442 g/mol. The lowest BCUT2D eigenvalue weighted by atomic mass is 10.1. The molecule has 1 aliphatic carbocycles. The van der Waals surface area contributed by atoms with Gasteiger partial charge in [-0.15, -0.1) is 5.10 Å². The normalized spacial score (nSPS) is 14.7. The second-order valence-electron chi connectivity index (χ2n) is 7.36. The zero-order valence-corrected chi connectivity index (χ0v) is 17.8. The summed E-state index contributed by atoms with van der Waals surface area (Å²) in [4.78, 5) is 10.3. The number of nitrogens with one attached hydrogen (secondary N) is 1. The Kier molecular flexibility index (Phi) is 6.10. The number of ether oxygens (including phenoxy) is 2. The van der Waals surface area contributed by atoms with Gasteiger partial charge in [0, 0.05) is 25.1 Å². The summed E-state index contributed by atoms with van der Waals surface area (Å²) in [5, 5.41) is 11.9.